The van der Waals surface area contributed by atoms with E-state index in [-0.39, 0.29) is 6.54 Å². The van der Waals surface area contributed by atoms with Crippen molar-refractivity contribution in [2.24, 2.45) is 0 Å². The van der Waals surface area contributed by atoms with Crippen LogP contribution in [0.1, 0.15) is 17.4 Å². The van der Waals surface area contributed by atoms with E-state index in [9.17, 15) is 9.59 Å². The van der Waals surface area contributed by atoms with Gasteiger partial charge in [0.2, 0.25) is 0 Å². The topological polar surface area (TPSA) is 91.6 Å². The Balaban J connectivity index is 2.66. The fraction of sp³-hybridized carbons (Fsp3) is 0.400. The van der Waals surface area contributed by atoms with Gasteiger partial charge in [0.05, 0.1) is 6.54 Å². The van der Waals surface area contributed by atoms with Crippen molar-refractivity contribution in [2.75, 3.05) is 6.54 Å². The summed E-state index contributed by atoms with van der Waals surface area (Å²) in [4.78, 5) is 22.1. The van der Waals surface area contributed by atoms with Gasteiger partial charge in [-0.1, -0.05) is 0 Å². The SMILES string of the molecule is CCn1cc(Br)cc1C(=O)NCC(O)C(=O)O. The summed E-state index contributed by atoms with van der Waals surface area (Å²) in [7, 11) is 0. The number of amides is 1. The van der Waals surface area contributed by atoms with Gasteiger partial charge in [0.25, 0.3) is 5.91 Å². The molecule has 0 bridgehead atoms. The van der Waals surface area contributed by atoms with Crippen molar-refractivity contribution in [1.29, 1.82) is 0 Å². The van der Waals surface area contributed by atoms with Crippen LogP contribution in [0, 0.1) is 0 Å². The molecule has 0 radical (unpaired) electrons. The van der Waals surface area contributed by atoms with E-state index in [1.54, 1.807) is 16.8 Å². The Morgan fingerprint density at radius 1 is 1.59 bits per heavy atom. The number of aromatic nitrogens is 1. The fourth-order valence-corrected chi connectivity index (χ4v) is 1.76. The standard InChI is InChI=1S/C10H13BrN2O4/c1-2-13-5-6(11)3-7(13)9(15)12-4-8(14)10(16)17/h3,5,8,14H,2,4H2,1H3,(H,12,15)(H,16,17). The molecule has 0 aliphatic carbocycles. The summed E-state index contributed by atoms with van der Waals surface area (Å²) in [5.74, 6) is -1.78. The van der Waals surface area contributed by atoms with Gasteiger partial charge in [0.15, 0.2) is 6.10 Å². The summed E-state index contributed by atoms with van der Waals surface area (Å²) in [6, 6.07) is 1.63. The van der Waals surface area contributed by atoms with Gasteiger partial charge < -0.3 is 20.1 Å². The Kier molecular flexibility index (Phi) is 4.71. The Labute approximate surface area is 106 Å². The number of aliphatic hydroxyl groups excluding tert-OH is 1. The molecular weight excluding hydrogens is 292 g/mol. The van der Waals surface area contributed by atoms with Crippen LogP contribution in [-0.2, 0) is 11.3 Å². The van der Waals surface area contributed by atoms with E-state index in [0.717, 1.165) is 4.47 Å². The number of carbonyl (C=O) groups is 2. The molecule has 7 heteroatoms. The molecule has 1 amide bonds. The van der Waals surface area contributed by atoms with Crippen LogP contribution in [0.5, 0.6) is 0 Å². The average Bonchev–Trinajstić information content (AvgIpc) is 2.66. The molecule has 0 aliphatic rings. The molecule has 0 aliphatic heterocycles. The van der Waals surface area contributed by atoms with Gasteiger partial charge in [-0.05, 0) is 28.9 Å². The number of nitrogens with one attached hydrogen (secondary N) is 1. The van der Waals surface area contributed by atoms with E-state index in [1.165, 1.54) is 0 Å². The number of halogens is 1. The summed E-state index contributed by atoms with van der Waals surface area (Å²) in [5, 5.41) is 19.8. The minimum Gasteiger partial charge on any atom is -0.479 e. The Hall–Kier alpha value is -1.34. The number of aliphatic hydroxyl groups is 1. The number of carboxylic acid groups (broad SMARTS) is 1. The number of hydrogen-bond donors (Lipinski definition) is 3. The first-order chi connectivity index (χ1) is 7.95. The van der Waals surface area contributed by atoms with E-state index < -0.39 is 18.0 Å². The number of rotatable bonds is 5. The number of nitrogens with zero attached hydrogens (tertiary/aromatic N) is 1. The van der Waals surface area contributed by atoms with Crippen molar-refractivity contribution >= 4 is 27.8 Å². The number of hydrogen-bond acceptors (Lipinski definition) is 3. The van der Waals surface area contributed by atoms with Gasteiger partial charge >= 0.3 is 5.97 Å². The molecule has 0 spiro atoms. The van der Waals surface area contributed by atoms with Gasteiger partial charge in [-0.3, -0.25) is 4.79 Å². The quantitative estimate of drug-likeness (QED) is 0.736. The molecule has 94 valence electrons. The zero-order chi connectivity index (χ0) is 13.0. The van der Waals surface area contributed by atoms with Crippen molar-refractivity contribution in [3.63, 3.8) is 0 Å². The monoisotopic (exact) mass is 304 g/mol. The lowest BCUT2D eigenvalue weighted by atomic mass is 10.3. The highest BCUT2D eigenvalue weighted by atomic mass is 79.9. The van der Waals surface area contributed by atoms with Gasteiger partial charge in [-0.15, -0.1) is 0 Å². The predicted molar refractivity (Wildman–Crippen MR) is 63.8 cm³/mol. The zero-order valence-electron chi connectivity index (χ0n) is 9.18. The van der Waals surface area contributed by atoms with E-state index in [4.69, 9.17) is 10.2 Å². The lowest BCUT2D eigenvalue weighted by molar-refractivity contribution is -0.146. The Morgan fingerprint density at radius 2 is 2.24 bits per heavy atom. The lowest BCUT2D eigenvalue weighted by Gasteiger charge is -2.09. The second-order valence-corrected chi connectivity index (χ2v) is 4.31. The molecular formula is C10H13BrN2O4. The summed E-state index contributed by atoms with van der Waals surface area (Å²) < 4.78 is 2.48. The van der Waals surface area contributed by atoms with Crippen LogP contribution in [0.2, 0.25) is 0 Å². The molecule has 1 rings (SSSR count). The van der Waals surface area contributed by atoms with Crippen LogP contribution in [-0.4, -0.2) is 39.3 Å². The van der Waals surface area contributed by atoms with Crippen molar-refractivity contribution < 1.29 is 19.8 Å². The van der Waals surface area contributed by atoms with Gasteiger partial charge in [0, 0.05) is 17.2 Å². The largest absolute Gasteiger partial charge is 0.479 e. The molecule has 6 nitrogen and oxygen atoms in total. The first-order valence-electron chi connectivity index (χ1n) is 5.00. The minimum atomic E-state index is -1.59. The van der Waals surface area contributed by atoms with Crippen LogP contribution in [0.15, 0.2) is 16.7 Å². The molecule has 0 saturated carbocycles. The van der Waals surface area contributed by atoms with Crippen LogP contribution in [0.3, 0.4) is 0 Å². The minimum absolute atomic E-state index is 0.319. The van der Waals surface area contributed by atoms with Gasteiger partial charge in [-0.25, -0.2) is 4.79 Å². The third kappa shape index (κ3) is 3.57. The van der Waals surface area contributed by atoms with Crippen molar-refractivity contribution in [3.05, 3.63) is 22.4 Å². The fourth-order valence-electron chi connectivity index (χ4n) is 1.29. The van der Waals surface area contributed by atoms with Gasteiger partial charge in [-0.2, -0.15) is 0 Å². The van der Waals surface area contributed by atoms with Gasteiger partial charge in [0.1, 0.15) is 5.69 Å². The smallest absolute Gasteiger partial charge is 0.334 e. The third-order valence-electron chi connectivity index (χ3n) is 2.18. The normalized spacial score (nSPS) is 12.2. The number of carbonyl (C=O) groups excluding carboxylic acids is 1. The average molecular weight is 305 g/mol. The Morgan fingerprint density at radius 3 is 2.76 bits per heavy atom. The van der Waals surface area contributed by atoms with Crippen LogP contribution in [0.25, 0.3) is 0 Å². The number of aryl methyl sites for hydroxylation is 1. The second-order valence-electron chi connectivity index (χ2n) is 3.39. The number of aliphatic carboxylic acids is 1. The van der Waals surface area contributed by atoms with E-state index in [1.807, 2.05) is 6.92 Å². The maximum Gasteiger partial charge on any atom is 0.334 e. The third-order valence-corrected chi connectivity index (χ3v) is 2.61. The van der Waals surface area contributed by atoms with Crippen molar-refractivity contribution in [2.45, 2.75) is 19.6 Å². The number of carboxylic acids is 1. The second kappa shape index (κ2) is 5.83. The maximum atomic E-state index is 11.7. The molecule has 1 aromatic rings. The summed E-state index contributed by atoms with van der Waals surface area (Å²) in [6.45, 7) is 2.19. The van der Waals surface area contributed by atoms with E-state index in [0.29, 0.717) is 12.2 Å². The summed E-state index contributed by atoms with van der Waals surface area (Å²) >= 11 is 3.25. The molecule has 1 unspecified atom stereocenters. The Bertz CT molecular complexity index is 430. The molecule has 0 fully saturated rings. The van der Waals surface area contributed by atoms with E-state index >= 15 is 0 Å². The first-order valence-corrected chi connectivity index (χ1v) is 5.79. The summed E-state index contributed by atoms with van der Waals surface area (Å²) in [6.07, 6.45) is 0.162. The molecule has 0 saturated heterocycles. The van der Waals surface area contributed by atoms with Crippen LogP contribution < -0.4 is 5.32 Å². The predicted octanol–water partition coefficient (Wildman–Crippen LogP) is 0.446. The van der Waals surface area contributed by atoms with Crippen molar-refractivity contribution in [1.82, 2.24) is 9.88 Å². The molecule has 17 heavy (non-hydrogen) atoms. The molecule has 1 heterocycles. The first kappa shape index (κ1) is 13.7. The highest BCUT2D eigenvalue weighted by molar-refractivity contribution is 9.10. The molecule has 1 atom stereocenters. The molecule has 3 N–H and O–H groups in total. The lowest BCUT2D eigenvalue weighted by Crippen LogP contribution is -2.37. The maximum absolute atomic E-state index is 11.7. The molecule has 1 aromatic heterocycles. The highest BCUT2D eigenvalue weighted by Crippen LogP contribution is 2.14. The summed E-state index contributed by atoms with van der Waals surface area (Å²) in [5.41, 5.74) is 0.414. The van der Waals surface area contributed by atoms with Crippen molar-refractivity contribution in [3.8, 4) is 0 Å². The van der Waals surface area contributed by atoms with E-state index in [2.05, 4.69) is 21.2 Å². The van der Waals surface area contributed by atoms with Crippen LogP contribution >= 0.6 is 15.9 Å². The molecule has 0 aromatic carbocycles. The van der Waals surface area contributed by atoms with Crippen LogP contribution in [0.4, 0.5) is 0 Å². The highest BCUT2D eigenvalue weighted by Gasteiger charge is 2.17. The zero-order valence-corrected chi connectivity index (χ0v) is 10.8.